The lowest BCUT2D eigenvalue weighted by Crippen LogP contribution is -2.14. The molecule has 0 saturated heterocycles. The molecule has 2 N–H and O–H groups in total. The molecule has 3 rings (SSSR count). The summed E-state index contributed by atoms with van der Waals surface area (Å²) in [5, 5.41) is 2.81. The Labute approximate surface area is 132 Å². The summed E-state index contributed by atoms with van der Waals surface area (Å²) in [4.78, 5) is 26.1. The maximum absolute atomic E-state index is 12.4. The third-order valence-corrected chi connectivity index (χ3v) is 3.18. The molecular weight excluding hydrogens is 296 g/mol. The third-order valence-electron chi connectivity index (χ3n) is 3.18. The molecule has 6 heteroatoms. The summed E-state index contributed by atoms with van der Waals surface area (Å²) in [7, 11) is 0. The van der Waals surface area contributed by atoms with Crippen LogP contribution in [0.15, 0.2) is 51.7 Å². The number of hydrogen-bond donors (Lipinski definition) is 2. The van der Waals surface area contributed by atoms with Crippen LogP contribution >= 0.6 is 0 Å². The Morgan fingerprint density at radius 1 is 1.22 bits per heavy atom. The molecule has 0 spiro atoms. The number of carbonyl (C=O) groups excluding carboxylic acids is 1. The first-order valence-electron chi connectivity index (χ1n) is 7.23. The topological polar surface area (TPSA) is 84.3 Å². The summed E-state index contributed by atoms with van der Waals surface area (Å²) in [6, 6.07) is 12.0. The lowest BCUT2D eigenvalue weighted by atomic mass is 10.2. The Hall–Kier alpha value is -3.02. The molecule has 2 aromatic carbocycles. The number of fused-ring (bicyclic) bond motifs is 1. The SMILES string of the molecule is CC(C)Oc1ccccc1NC(=O)c1ccc2[nH]c(=O)oc2c1. The van der Waals surface area contributed by atoms with Gasteiger partial charge in [-0.05, 0) is 44.2 Å². The number of hydrogen-bond acceptors (Lipinski definition) is 4. The molecule has 3 aromatic rings. The number of nitrogens with one attached hydrogen (secondary N) is 2. The number of aromatic nitrogens is 1. The quantitative estimate of drug-likeness (QED) is 0.775. The van der Waals surface area contributed by atoms with Gasteiger partial charge in [0, 0.05) is 5.56 Å². The van der Waals surface area contributed by atoms with Gasteiger partial charge in [-0.1, -0.05) is 12.1 Å². The number of aromatic amines is 1. The minimum absolute atomic E-state index is 0.00136. The number of amides is 1. The van der Waals surface area contributed by atoms with Gasteiger partial charge in [-0.2, -0.15) is 0 Å². The first-order chi connectivity index (χ1) is 11.0. The van der Waals surface area contributed by atoms with Crippen molar-refractivity contribution in [2.75, 3.05) is 5.32 Å². The number of para-hydroxylation sites is 2. The Kier molecular flexibility index (Phi) is 3.89. The first kappa shape index (κ1) is 14.9. The van der Waals surface area contributed by atoms with E-state index in [0.29, 0.717) is 28.1 Å². The van der Waals surface area contributed by atoms with Crippen molar-refractivity contribution in [1.82, 2.24) is 4.98 Å². The molecule has 0 fully saturated rings. The van der Waals surface area contributed by atoms with E-state index in [-0.39, 0.29) is 12.0 Å². The van der Waals surface area contributed by atoms with Crippen LogP contribution in [0.2, 0.25) is 0 Å². The van der Waals surface area contributed by atoms with Crippen molar-refractivity contribution in [3.8, 4) is 5.75 Å². The average molecular weight is 312 g/mol. The van der Waals surface area contributed by atoms with Crippen LogP contribution < -0.4 is 15.8 Å². The molecule has 0 aliphatic carbocycles. The molecule has 0 saturated carbocycles. The monoisotopic (exact) mass is 312 g/mol. The van der Waals surface area contributed by atoms with Crippen LogP contribution in [0.5, 0.6) is 5.75 Å². The van der Waals surface area contributed by atoms with Crippen LogP contribution in [0.4, 0.5) is 5.69 Å². The van der Waals surface area contributed by atoms with Gasteiger partial charge in [0.15, 0.2) is 5.58 Å². The number of carbonyl (C=O) groups is 1. The van der Waals surface area contributed by atoms with Crippen LogP contribution in [0, 0.1) is 0 Å². The van der Waals surface area contributed by atoms with E-state index in [1.165, 1.54) is 6.07 Å². The molecule has 0 aliphatic rings. The van der Waals surface area contributed by atoms with E-state index in [0.717, 1.165) is 0 Å². The highest BCUT2D eigenvalue weighted by atomic mass is 16.5. The number of H-pyrrole nitrogens is 1. The molecule has 1 aromatic heterocycles. The fourth-order valence-electron chi connectivity index (χ4n) is 2.21. The normalized spacial score (nSPS) is 10.9. The van der Waals surface area contributed by atoms with E-state index in [4.69, 9.17) is 9.15 Å². The highest BCUT2D eigenvalue weighted by Gasteiger charge is 2.12. The first-order valence-corrected chi connectivity index (χ1v) is 7.23. The van der Waals surface area contributed by atoms with Gasteiger partial charge in [0.05, 0.1) is 17.3 Å². The number of anilines is 1. The Bertz CT molecular complexity index is 908. The van der Waals surface area contributed by atoms with Crippen LogP contribution in [0.1, 0.15) is 24.2 Å². The predicted octanol–water partition coefficient (Wildman–Crippen LogP) is 3.16. The number of ether oxygens (including phenoxy) is 1. The van der Waals surface area contributed by atoms with Gasteiger partial charge in [-0.25, -0.2) is 4.79 Å². The van der Waals surface area contributed by atoms with E-state index >= 15 is 0 Å². The van der Waals surface area contributed by atoms with E-state index in [1.807, 2.05) is 26.0 Å². The lowest BCUT2D eigenvalue weighted by Gasteiger charge is -2.14. The maximum atomic E-state index is 12.4. The number of rotatable bonds is 4. The fourth-order valence-corrected chi connectivity index (χ4v) is 2.21. The molecule has 118 valence electrons. The van der Waals surface area contributed by atoms with Crippen molar-refractivity contribution in [3.63, 3.8) is 0 Å². The Morgan fingerprint density at radius 2 is 2.00 bits per heavy atom. The molecule has 1 amide bonds. The second kappa shape index (κ2) is 6.00. The maximum Gasteiger partial charge on any atom is 0.417 e. The van der Waals surface area contributed by atoms with Crippen LogP contribution in [-0.4, -0.2) is 17.0 Å². The van der Waals surface area contributed by atoms with Crippen molar-refractivity contribution in [3.05, 3.63) is 58.6 Å². The molecule has 23 heavy (non-hydrogen) atoms. The summed E-state index contributed by atoms with van der Waals surface area (Å²) in [6.45, 7) is 3.83. The molecule has 6 nitrogen and oxygen atoms in total. The van der Waals surface area contributed by atoms with Gasteiger partial charge >= 0.3 is 5.76 Å². The molecule has 0 bridgehead atoms. The fraction of sp³-hybridized carbons (Fsp3) is 0.176. The van der Waals surface area contributed by atoms with Crippen molar-refractivity contribution >= 4 is 22.7 Å². The Balaban J connectivity index is 1.87. The molecular formula is C17H16N2O4. The largest absolute Gasteiger partial charge is 0.489 e. The van der Waals surface area contributed by atoms with E-state index in [2.05, 4.69) is 10.3 Å². The van der Waals surface area contributed by atoms with E-state index in [9.17, 15) is 9.59 Å². The van der Waals surface area contributed by atoms with E-state index in [1.54, 1.807) is 24.3 Å². The van der Waals surface area contributed by atoms with Gasteiger partial charge < -0.3 is 14.5 Å². The van der Waals surface area contributed by atoms with Crippen molar-refractivity contribution in [1.29, 1.82) is 0 Å². The summed E-state index contributed by atoms with van der Waals surface area (Å²) in [6.07, 6.45) is -0.00136. The van der Waals surface area contributed by atoms with E-state index < -0.39 is 5.76 Å². The van der Waals surface area contributed by atoms with Crippen LogP contribution in [-0.2, 0) is 0 Å². The minimum Gasteiger partial charge on any atom is -0.489 e. The number of oxazole rings is 1. The summed E-state index contributed by atoms with van der Waals surface area (Å²) in [5.74, 6) is -0.256. The number of benzene rings is 2. The molecule has 0 unspecified atom stereocenters. The summed E-state index contributed by atoms with van der Waals surface area (Å²) in [5.41, 5.74) is 1.87. The second-order valence-electron chi connectivity index (χ2n) is 5.34. The van der Waals surface area contributed by atoms with Crippen molar-refractivity contribution in [2.45, 2.75) is 20.0 Å². The standard InChI is InChI=1S/C17H16N2O4/c1-10(2)22-14-6-4-3-5-12(14)18-16(20)11-7-8-13-15(9-11)23-17(21)19-13/h3-10H,1-2H3,(H,18,20)(H,19,21). The van der Waals surface area contributed by atoms with Crippen LogP contribution in [0.25, 0.3) is 11.1 Å². The molecule has 0 aliphatic heterocycles. The van der Waals surface area contributed by atoms with Crippen molar-refractivity contribution < 1.29 is 13.9 Å². The average Bonchev–Trinajstić information content (AvgIpc) is 2.87. The van der Waals surface area contributed by atoms with Gasteiger partial charge in [0.1, 0.15) is 5.75 Å². The zero-order valence-corrected chi connectivity index (χ0v) is 12.8. The summed E-state index contributed by atoms with van der Waals surface area (Å²) >= 11 is 0. The summed E-state index contributed by atoms with van der Waals surface area (Å²) < 4.78 is 10.6. The minimum atomic E-state index is -0.548. The van der Waals surface area contributed by atoms with Gasteiger partial charge in [0.25, 0.3) is 5.91 Å². The van der Waals surface area contributed by atoms with Gasteiger partial charge in [-0.3, -0.25) is 9.78 Å². The highest BCUT2D eigenvalue weighted by molar-refractivity contribution is 6.06. The lowest BCUT2D eigenvalue weighted by molar-refractivity contribution is 0.102. The van der Waals surface area contributed by atoms with Crippen molar-refractivity contribution in [2.24, 2.45) is 0 Å². The predicted molar refractivity (Wildman–Crippen MR) is 87.0 cm³/mol. The Morgan fingerprint density at radius 3 is 2.78 bits per heavy atom. The smallest absolute Gasteiger partial charge is 0.417 e. The molecule has 0 atom stereocenters. The van der Waals surface area contributed by atoms with Gasteiger partial charge in [-0.15, -0.1) is 0 Å². The zero-order valence-electron chi connectivity index (χ0n) is 12.8. The van der Waals surface area contributed by atoms with Crippen LogP contribution in [0.3, 0.4) is 0 Å². The highest BCUT2D eigenvalue weighted by Crippen LogP contribution is 2.25. The van der Waals surface area contributed by atoms with Gasteiger partial charge in [0.2, 0.25) is 0 Å². The molecule has 1 heterocycles. The zero-order chi connectivity index (χ0) is 16.4. The third kappa shape index (κ3) is 3.26. The molecule has 0 radical (unpaired) electrons. The second-order valence-corrected chi connectivity index (χ2v) is 5.34.